The Hall–Kier alpha value is -5.45. The molecule has 3 aromatic rings. The molecule has 0 spiro atoms. The SMILES string of the molecule is CN(C)C(=O)C=Cc1ccccc1CN1OC2C3OC(c4ccccc4)(c4ccccc4)OC3C3CC2(C(=O)NCCC(=O)NC(CO)CCC(=O)OC(C)(C)C)C1C(=O)O3. The molecule has 4 fully saturated rings. The fourth-order valence-corrected chi connectivity index (χ4v) is 8.66. The van der Waals surface area contributed by atoms with Gasteiger partial charge in [-0.3, -0.25) is 28.8 Å². The van der Waals surface area contributed by atoms with Gasteiger partial charge in [0.2, 0.25) is 23.5 Å². The molecule has 4 aliphatic rings. The van der Waals surface area contributed by atoms with Gasteiger partial charge >= 0.3 is 11.9 Å². The smallest absolute Gasteiger partial charge is 0.327 e. The maximum Gasteiger partial charge on any atom is 0.327 e. The number of amides is 3. The maximum absolute atomic E-state index is 14.9. The van der Waals surface area contributed by atoms with Gasteiger partial charge in [-0.25, -0.2) is 0 Å². The summed E-state index contributed by atoms with van der Waals surface area (Å²) in [5, 5.41) is 17.1. The first-order valence-corrected chi connectivity index (χ1v) is 20.6. The van der Waals surface area contributed by atoms with Crippen molar-refractivity contribution in [3.05, 3.63) is 113 Å². The Morgan fingerprint density at radius 2 is 1.57 bits per heavy atom. The second-order valence-electron chi connectivity index (χ2n) is 17.1. The highest BCUT2D eigenvalue weighted by molar-refractivity contribution is 5.94. The van der Waals surface area contributed by atoms with Gasteiger partial charge in [0, 0.05) is 57.1 Å². The summed E-state index contributed by atoms with van der Waals surface area (Å²) in [6.07, 6.45) is -0.461. The highest BCUT2D eigenvalue weighted by Crippen LogP contribution is 2.59. The first-order chi connectivity index (χ1) is 29.1. The Morgan fingerprint density at radius 3 is 2.21 bits per heavy atom. The first-order valence-electron chi connectivity index (χ1n) is 20.6. The van der Waals surface area contributed by atoms with Gasteiger partial charge in [0.25, 0.3) is 0 Å². The molecule has 1 aliphatic carbocycles. The standard InChI is InChI=1S/C46H54N4O11/c1-44(2,3)58-37(54)23-21-33(28-51)48-35(52)24-25-47-43(56)45-26-34-38-39(60-46(59-38,31-16-8-6-9-17-31)32-18-10-7-11-19-32)41(45)61-50(40(45)42(55)57-34)27-30-15-13-12-14-29(30)20-22-36(53)49(4)5/h6-20,22,33-34,38-41,51H,21,23-28H2,1-5H3,(H,47,56)(H,48,52). The van der Waals surface area contributed by atoms with E-state index in [2.05, 4.69) is 10.6 Å². The number of aliphatic hydroxyl groups excluding tert-OH is 1. The minimum Gasteiger partial charge on any atom is -0.460 e. The van der Waals surface area contributed by atoms with Gasteiger partial charge in [0.1, 0.15) is 35.4 Å². The van der Waals surface area contributed by atoms with Gasteiger partial charge in [-0.05, 0) is 44.4 Å². The number of esters is 2. The molecular weight excluding hydrogens is 785 g/mol. The minimum absolute atomic E-state index is 0.00266. The maximum atomic E-state index is 14.9. The number of carbonyl (C=O) groups is 5. The van der Waals surface area contributed by atoms with Crippen molar-refractivity contribution in [1.82, 2.24) is 20.6 Å². The topological polar surface area (TPSA) is 182 Å². The molecule has 2 bridgehead atoms. The van der Waals surface area contributed by atoms with Crippen LogP contribution in [0.5, 0.6) is 0 Å². The molecule has 7 atom stereocenters. The van der Waals surface area contributed by atoms with Gasteiger partial charge in [-0.15, -0.1) is 0 Å². The molecule has 7 rings (SSSR count). The number of nitrogens with zero attached hydrogens (tertiary/aromatic N) is 2. The summed E-state index contributed by atoms with van der Waals surface area (Å²) in [6, 6.07) is 24.3. The molecule has 3 aliphatic heterocycles. The molecule has 3 aromatic carbocycles. The van der Waals surface area contributed by atoms with E-state index in [1.165, 1.54) is 16.0 Å². The zero-order chi connectivity index (χ0) is 43.5. The molecule has 15 nitrogen and oxygen atoms in total. The van der Waals surface area contributed by atoms with E-state index in [1.54, 1.807) is 40.9 Å². The Balaban J connectivity index is 1.17. The van der Waals surface area contributed by atoms with E-state index in [-0.39, 0.29) is 44.7 Å². The lowest BCUT2D eigenvalue weighted by Gasteiger charge is -2.48. The minimum atomic E-state index is -1.54. The number of rotatable bonds is 15. The van der Waals surface area contributed by atoms with Crippen LogP contribution in [0.25, 0.3) is 6.08 Å². The summed E-state index contributed by atoms with van der Waals surface area (Å²) in [5.74, 6) is -3.73. The van der Waals surface area contributed by atoms with Gasteiger partial charge in [-0.1, -0.05) is 84.9 Å². The van der Waals surface area contributed by atoms with Crippen LogP contribution in [0.3, 0.4) is 0 Å². The number of likely N-dealkylation sites (N-methyl/N-ethyl adjacent to an activating group) is 1. The Kier molecular flexibility index (Phi) is 12.8. The van der Waals surface area contributed by atoms with Crippen LogP contribution in [-0.4, -0.2) is 114 Å². The van der Waals surface area contributed by atoms with Gasteiger partial charge < -0.3 is 39.6 Å². The van der Waals surface area contributed by atoms with E-state index >= 15 is 0 Å². The molecule has 3 saturated heterocycles. The number of nitrogens with one attached hydrogen (secondary N) is 2. The Morgan fingerprint density at radius 1 is 0.934 bits per heavy atom. The second-order valence-corrected chi connectivity index (χ2v) is 17.1. The fraction of sp³-hybridized carbons (Fsp3) is 0.457. The van der Waals surface area contributed by atoms with Gasteiger partial charge in [0.05, 0.1) is 19.2 Å². The number of fused-ring (bicyclic) bond motifs is 4. The Bertz CT molecular complexity index is 2080. The van der Waals surface area contributed by atoms with Crippen molar-refractivity contribution < 1.29 is 52.9 Å². The second kappa shape index (κ2) is 17.9. The van der Waals surface area contributed by atoms with Crippen LogP contribution >= 0.6 is 0 Å². The third kappa shape index (κ3) is 8.98. The van der Waals surface area contributed by atoms with E-state index in [1.807, 2.05) is 84.9 Å². The highest BCUT2D eigenvalue weighted by Gasteiger charge is 2.76. The lowest BCUT2D eigenvalue weighted by molar-refractivity contribution is -0.213. The van der Waals surface area contributed by atoms with E-state index in [4.69, 9.17) is 23.8 Å². The highest BCUT2D eigenvalue weighted by atomic mass is 16.8. The summed E-state index contributed by atoms with van der Waals surface area (Å²) < 4.78 is 25.5. The lowest BCUT2D eigenvalue weighted by atomic mass is 9.62. The van der Waals surface area contributed by atoms with E-state index in [0.717, 1.165) is 5.56 Å². The van der Waals surface area contributed by atoms with Crippen LogP contribution in [0.1, 0.15) is 68.7 Å². The van der Waals surface area contributed by atoms with Crippen molar-refractivity contribution >= 4 is 35.7 Å². The molecule has 0 aromatic heterocycles. The average molecular weight is 839 g/mol. The molecule has 3 heterocycles. The molecule has 0 radical (unpaired) electrons. The molecular formula is C46H54N4O11. The van der Waals surface area contributed by atoms with Crippen molar-refractivity contribution in [2.45, 2.75) is 101 Å². The summed E-state index contributed by atoms with van der Waals surface area (Å²) in [4.78, 5) is 75.3. The van der Waals surface area contributed by atoms with Gasteiger partial charge in [-0.2, -0.15) is 5.06 Å². The van der Waals surface area contributed by atoms with Crippen molar-refractivity contribution in [2.24, 2.45) is 5.41 Å². The quantitative estimate of drug-likeness (QED) is 0.150. The predicted molar refractivity (Wildman–Crippen MR) is 220 cm³/mol. The van der Waals surface area contributed by atoms with Crippen LogP contribution in [0.4, 0.5) is 0 Å². The molecule has 3 N–H and O–H groups in total. The van der Waals surface area contributed by atoms with Crippen molar-refractivity contribution in [3.63, 3.8) is 0 Å². The molecule has 61 heavy (non-hydrogen) atoms. The van der Waals surface area contributed by atoms with Gasteiger partial charge in [0.15, 0.2) is 6.04 Å². The molecule has 15 heteroatoms. The largest absolute Gasteiger partial charge is 0.460 e. The van der Waals surface area contributed by atoms with Crippen LogP contribution in [0.15, 0.2) is 91.0 Å². The number of carbonyl (C=O) groups excluding carboxylic acids is 5. The molecule has 7 unspecified atom stereocenters. The first kappa shape index (κ1) is 43.6. The molecule has 3 amide bonds. The summed E-state index contributed by atoms with van der Waals surface area (Å²) >= 11 is 0. The zero-order valence-electron chi connectivity index (χ0n) is 35.1. The zero-order valence-corrected chi connectivity index (χ0v) is 35.1. The van der Waals surface area contributed by atoms with Crippen LogP contribution in [-0.2, 0) is 60.1 Å². The van der Waals surface area contributed by atoms with Crippen LogP contribution < -0.4 is 10.6 Å². The summed E-state index contributed by atoms with van der Waals surface area (Å²) in [7, 11) is 3.31. The number of benzene rings is 3. The number of hydrogen-bond donors (Lipinski definition) is 3. The third-order valence-electron chi connectivity index (χ3n) is 11.5. The number of hydroxylamine groups is 2. The predicted octanol–water partition coefficient (Wildman–Crippen LogP) is 3.38. The normalized spacial score (nSPS) is 25.6. The van der Waals surface area contributed by atoms with Crippen LogP contribution in [0, 0.1) is 5.41 Å². The molecule has 1 saturated carbocycles. The number of hydrogen-bond acceptors (Lipinski definition) is 12. The van der Waals surface area contributed by atoms with Crippen molar-refractivity contribution in [3.8, 4) is 0 Å². The lowest BCUT2D eigenvalue weighted by Crippen LogP contribution is -2.69. The van der Waals surface area contributed by atoms with E-state index in [0.29, 0.717) is 16.7 Å². The monoisotopic (exact) mass is 838 g/mol. The van der Waals surface area contributed by atoms with E-state index < -0.39 is 83.7 Å². The number of aliphatic hydroxyl groups is 1. The Labute approximate surface area is 355 Å². The fourth-order valence-electron chi connectivity index (χ4n) is 8.66. The number of ether oxygens (including phenoxy) is 4. The average Bonchev–Trinajstić information content (AvgIpc) is 3.81. The summed E-state index contributed by atoms with van der Waals surface area (Å²) in [6.45, 7) is 4.82. The van der Waals surface area contributed by atoms with Crippen LogP contribution in [0.2, 0.25) is 0 Å². The van der Waals surface area contributed by atoms with Crippen molar-refractivity contribution in [2.75, 3.05) is 27.2 Å². The third-order valence-corrected chi connectivity index (χ3v) is 11.5. The van der Waals surface area contributed by atoms with E-state index in [9.17, 15) is 29.1 Å². The van der Waals surface area contributed by atoms with Crippen molar-refractivity contribution in [1.29, 1.82) is 0 Å². The molecule has 324 valence electrons. The summed E-state index contributed by atoms with van der Waals surface area (Å²) in [5.41, 5.74) is 0.624.